The molecule has 0 radical (unpaired) electrons. The van der Waals surface area contributed by atoms with Gasteiger partial charge >= 0.3 is 0 Å². The Labute approximate surface area is 144 Å². The van der Waals surface area contributed by atoms with E-state index in [0.717, 1.165) is 22.3 Å². The maximum atomic E-state index is 12.8. The summed E-state index contributed by atoms with van der Waals surface area (Å²) in [5.41, 5.74) is 4.75. The first-order chi connectivity index (χ1) is 11.2. The maximum Gasteiger partial charge on any atom is 0.241 e. The minimum Gasteiger partial charge on any atom is -0.496 e. The van der Waals surface area contributed by atoms with Gasteiger partial charge in [-0.1, -0.05) is 23.8 Å². The molecule has 0 amide bonds. The molecule has 0 saturated carbocycles. The number of benzene rings is 2. The molecule has 0 aliphatic rings. The van der Waals surface area contributed by atoms with Gasteiger partial charge in [0.25, 0.3) is 0 Å². The standard InChI is InChI=1S/C19H25NO3S/c1-12-7-8-17(13(2)11-12)16(5)20-24(21,22)19-10-9-18(23-6)14(3)15(19)4/h7-11,16,20H,1-6H3/t16-/m0/s1. The molecule has 2 rings (SSSR count). The predicted molar refractivity (Wildman–Crippen MR) is 97.1 cm³/mol. The van der Waals surface area contributed by atoms with Gasteiger partial charge in [-0.3, -0.25) is 0 Å². The summed E-state index contributed by atoms with van der Waals surface area (Å²) in [4.78, 5) is 0.289. The van der Waals surface area contributed by atoms with Crippen LogP contribution in [0.25, 0.3) is 0 Å². The quantitative estimate of drug-likeness (QED) is 0.890. The molecule has 4 nitrogen and oxygen atoms in total. The van der Waals surface area contributed by atoms with Crippen LogP contribution in [0.5, 0.6) is 5.75 Å². The Morgan fingerprint density at radius 1 is 1.00 bits per heavy atom. The third-order valence-corrected chi connectivity index (χ3v) is 6.11. The highest BCUT2D eigenvalue weighted by Gasteiger charge is 2.22. The van der Waals surface area contributed by atoms with Gasteiger partial charge in [-0.2, -0.15) is 0 Å². The molecule has 24 heavy (non-hydrogen) atoms. The topological polar surface area (TPSA) is 55.4 Å². The van der Waals surface area contributed by atoms with Crippen LogP contribution in [0.2, 0.25) is 0 Å². The monoisotopic (exact) mass is 347 g/mol. The second-order valence-electron chi connectivity index (χ2n) is 6.22. The second-order valence-corrected chi connectivity index (χ2v) is 7.90. The van der Waals surface area contributed by atoms with Gasteiger partial charge < -0.3 is 4.74 Å². The predicted octanol–water partition coefficient (Wildman–Crippen LogP) is 3.97. The van der Waals surface area contributed by atoms with Crippen molar-refractivity contribution < 1.29 is 13.2 Å². The van der Waals surface area contributed by atoms with Gasteiger partial charge in [-0.15, -0.1) is 0 Å². The molecule has 1 N–H and O–H groups in total. The van der Waals surface area contributed by atoms with E-state index in [0.29, 0.717) is 11.3 Å². The van der Waals surface area contributed by atoms with Crippen molar-refractivity contribution in [2.24, 2.45) is 0 Å². The van der Waals surface area contributed by atoms with E-state index in [-0.39, 0.29) is 10.9 Å². The molecule has 0 aliphatic carbocycles. The van der Waals surface area contributed by atoms with Crippen LogP contribution in [0.15, 0.2) is 35.2 Å². The van der Waals surface area contributed by atoms with Crippen molar-refractivity contribution in [2.75, 3.05) is 7.11 Å². The first-order valence-corrected chi connectivity index (χ1v) is 9.39. The minimum atomic E-state index is -3.62. The average molecular weight is 347 g/mol. The number of aryl methyl sites for hydroxylation is 2. The van der Waals surface area contributed by atoms with Crippen molar-refractivity contribution in [3.05, 3.63) is 58.1 Å². The zero-order valence-electron chi connectivity index (χ0n) is 15.1. The Kier molecular flexibility index (Phi) is 5.35. The Hall–Kier alpha value is -1.85. The fourth-order valence-electron chi connectivity index (χ4n) is 2.95. The highest BCUT2D eigenvalue weighted by Crippen LogP contribution is 2.28. The molecule has 1 atom stereocenters. The van der Waals surface area contributed by atoms with Crippen molar-refractivity contribution in [1.82, 2.24) is 4.72 Å². The highest BCUT2D eigenvalue weighted by molar-refractivity contribution is 7.89. The van der Waals surface area contributed by atoms with E-state index < -0.39 is 10.0 Å². The summed E-state index contributed by atoms with van der Waals surface area (Å²) in [5.74, 6) is 0.689. The summed E-state index contributed by atoms with van der Waals surface area (Å²) in [7, 11) is -2.04. The fraction of sp³-hybridized carbons (Fsp3) is 0.368. The molecule has 0 aromatic heterocycles. The van der Waals surface area contributed by atoms with E-state index in [1.54, 1.807) is 26.2 Å². The lowest BCUT2D eigenvalue weighted by Crippen LogP contribution is -2.28. The Balaban J connectivity index is 2.36. The van der Waals surface area contributed by atoms with Crippen LogP contribution in [-0.2, 0) is 10.0 Å². The molecule has 0 saturated heterocycles. The third kappa shape index (κ3) is 3.62. The Morgan fingerprint density at radius 2 is 1.67 bits per heavy atom. The van der Waals surface area contributed by atoms with E-state index in [4.69, 9.17) is 4.74 Å². The van der Waals surface area contributed by atoms with Crippen molar-refractivity contribution in [3.63, 3.8) is 0 Å². The van der Waals surface area contributed by atoms with Gasteiger partial charge in [0.05, 0.1) is 12.0 Å². The van der Waals surface area contributed by atoms with Crippen LogP contribution in [0.1, 0.15) is 40.8 Å². The van der Waals surface area contributed by atoms with E-state index in [9.17, 15) is 8.42 Å². The van der Waals surface area contributed by atoms with Crippen LogP contribution in [0.3, 0.4) is 0 Å². The van der Waals surface area contributed by atoms with E-state index in [2.05, 4.69) is 10.8 Å². The first-order valence-electron chi connectivity index (χ1n) is 7.91. The molecular weight excluding hydrogens is 322 g/mol. The summed E-state index contributed by atoms with van der Waals surface area (Å²) < 4.78 is 33.7. The molecule has 0 aliphatic heterocycles. The lowest BCUT2D eigenvalue weighted by Gasteiger charge is -2.19. The summed E-state index contributed by atoms with van der Waals surface area (Å²) in [6.07, 6.45) is 0. The van der Waals surface area contributed by atoms with Crippen LogP contribution in [0, 0.1) is 27.7 Å². The van der Waals surface area contributed by atoms with E-state index in [1.807, 2.05) is 39.8 Å². The van der Waals surface area contributed by atoms with E-state index in [1.165, 1.54) is 0 Å². The van der Waals surface area contributed by atoms with Gasteiger partial charge in [0.2, 0.25) is 10.0 Å². The second kappa shape index (κ2) is 6.95. The highest BCUT2D eigenvalue weighted by atomic mass is 32.2. The Morgan fingerprint density at radius 3 is 2.25 bits per heavy atom. The fourth-order valence-corrected chi connectivity index (χ4v) is 4.48. The third-order valence-electron chi connectivity index (χ3n) is 4.42. The summed E-state index contributed by atoms with van der Waals surface area (Å²) in [5, 5.41) is 0. The number of hydrogen-bond acceptors (Lipinski definition) is 3. The molecule has 0 bridgehead atoms. The Bertz CT molecular complexity index is 857. The normalized spacial score (nSPS) is 12.9. The average Bonchev–Trinajstić information content (AvgIpc) is 2.49. The number of sulfonamides is 1. The molecule has 5 heteroatoms. The van der Waals surface area contributed by atoms with Crippen LogP contribution in [-0.4, -0.2) is 15.5 Å². The number of rotatable bonds is 5. The van der Waals surface area contributed by atoms with Crippen LogP contribution < -0.4 is 9.46 Å². The lowest BCUT2D eigenvalue weighted by molar-refractivity contribution is 0.410. The zero-order valence-corrected chi connectivity index (χ0v) is 15.9. The van der Waals surface area contributed by atoms with Crippen molar-refractivity contribution in [2.45, 2.75) is 45.6 Å². The zero-order chi connectivity index (χ0) is 18.1. The number of ether oxygens (including phenoxy) is 1. The summed E-state index contributed by atoms with van der Waals surface area (Å²) >= 11 is 0. The smallest absolute Gasteiger partial charge is 0.241 e. The SMILES string of the molecule is COc1ccc(S(=O)(=O)N[C@@H](C)c2ccc(C)cc2C)c(C)c1C. The van der Waals surface area contributed by atoms with Crippen molar-refractivity contribution in [3.8, 4) is 5.75 Å². The van der Waals surface area contributed by atoms with Gasteiger partial charge in [0.1, 0.15) is 5.75 Å². The molecule has 0 unspecified atom stereocenters. The molecule has 2 aromatic carbocycles. The number of hydrogen-bond donors (Lipinski definition) is 1. The summed E-state index contributed by atoms with van der Waals surface area (Å²) in [6, 6.07) is 9.01. The van der Waals surface area contributed by atoms with Crippen LogP contribution >= 0.6 is 0 Å². The van der Waals surface area contributed by atoms with Gasteiger partial charge in [-0.25, -0.2) is 13.1 Å². The maximum absolute atomic E-state index is 12.8. The molecule has 0 fully saturated rings. The van der Waals surface area contributed by atoms with Gasteiger partial charge in [0.15, 0.2) is 0 Å². The van der Waals surface area contributed by atoms with Crippen LogP contribution in [0.4, 0.5) is 0 Å². The lowest BCUT2D eigenvalue weighted by atomic mass is 10.0. The van der Waals surface area contributed by atoms with Gasteiger partial charge in [-0.05, 0) is 69.0 Å². The minimum absolute atomic E-state index is 0.289. The van der Waals surface area contributed by atoms with E-state index >= 15 is 0 Å². The van der Waals surface area contributed by atoms with Crippen molar-refractivity contribution in [1.29, 1.82) is 0 Å². The molecule has 130 valence electrons. The largest absolute Gasteiger partial charge is 0.496 e. The number of methoxy groups -OCH3 is 1. The van der Waals surface area contributed by atoms with Crippen molar-refractivity contribution >= 4 is 10.0 Å². The molecule has 0 heterocycles. The molecule has 2 aromatic rings. The molecular formula is C19H25NO3S. The number of nitrogens with one attached hydrogen (secondary N) is 1. The molecule has 0 spiro atoms. The first kappa shape index (κ1) is 18.5. The van der Waals surface area contributed by atoms with Gasteiger partial charge in [0, 0.05) is 6.04 Å². The summed E-state index contributed by atoms with van der Waals surface area (Å²) in [6.45, 7) is 9.54.